The van der Waals surface area contributed by atoms with Crippen LogP contribution in [0.5, 0.6) is 0 Å². The van der Waals surface area contributed by atoms with Gasteiger partial charge in [-0.25, -0.2) is 0 Å². The maximum absolute atomic E-state index is 11.6. The molecule has 1 aliphatic heterocycles. The van der Waals surface area contributed by atoms with Crippen LogP contribution in [0.15, 0.2) is 0 Å². The summed E-state index contributed by atoms with van der Waals surface area (Å²) in [6, 6.07) is 0. The molecular formula is C13H27N2O8P. The minimum Gasteiger partial charge on any atom is -0.373 e. The number of hydrogen-bond donors (Lipinski definition) is 4. The topological polar surface area (TPSA) is 138 Å². The molecule has 0 aromatic rings. The van der Waals surface area contributed by atoms with Gasteiger partial charge in [-0.1, -0.05) is 13.3 Å². The van der Waals surface area contributed by atoms with E-state index in [9.17, 15) is 19.6 Å². The number of nitrogens with zero attached hydrogens (tertiary/aromatic N) is 1. The van der Waals surface area contributed by atoms with Crippen molar-refractivity contribution in [2.75, 3.05) is 26.4 Å². The number of nitrogens with one attached hydrogen (secondary N) is 1. The van der Waals surface area contributed by atoms with Crippen molar-refractivity contribution in [1.82, 2.24) is 10.4 Å². The monoisotopic (exact) mass is 370 g/mol. The smallest absolute Gasteiger partial charge is 0.325 e. The van der Waals surface area contributed by atoms with Crippen LogP contribution in [-0.2, 0) is 23.5 Å². The van der Waals surface area contributed by atoms with Gasteiger partial charge in [0.25, 0.3) is 0 Å². The van der Waals surface area contributed by atoms with Gasteiger partial charge in [0.05, 0.1) is 12.7 Å². The lowest BCUT2D eigenvalue weighted by Gasteiger charge is -2.43. The number of aliphatic hydroxyl groups excluding tert-OH is 2. The molecule has 5 unspecified atom stereocenters. The van der Waals surface area contributed by atoms with Crippen molar-refractivity contribution in [1.29, 1.82) is 0 Å². The predicted octanol–water partition coefficient (Wildman–Crippen LogP) is -0.608. The highest BCUT2D eigenvalue weighted by Crippen LogP contribution is 2.37. The molecule has 1 fully saturated rings. The molecule has 0 aromatic carbocycles. The fraction of sp³-hybridized carbons (Fsp3) is 0.923. The number of rotatable bonds is 9. The summed E-state index contributed by atoms with van der Waals surface area (Å²) in [7, 11) is -3.74. The van der Waals surface area contributed by atoms with E-state index in [-0.39, 0.29) is 19.1 Å². The third-order valence-corrected chi connectivity index (χ3v) is 3.97. The number of hydroxylamine groups is 2. The molecule has 4 N–H and O–H groups in total. The van der Waals surface area contributed by atoms with Crippen LogP contribution in [0.2, 0.25) is 0 Å². The van der Waals surface area contributed by atoms with Crippen LogP contribution in [-0.4, -0.2) is 77.2 Å². The molecule has 0 bridgehead atoms. The highest BCUT2D eigenvalue weighted by atomic mass is 31.2. The molecule has 0 spiro atoms. The zero-order chi connectivity index (χ0) is 18.3. The lowest BCUT2D eigenvalue weighted by molar-refractivity contribution is -0.373. The second kappa shape index (κ2) is 9.79. The van der Waals surface area contributed by atoms with Crippen LogP contribution in [0.1, 0.15) is 26.7 Å². The molecule has 1 aliphatic rings. The Kier molecular flexibility index (Phi) is 8.75. The van der Waals surface area contributed by atoms with E-state index in [0.29, 0.717) is 6.54 Å². The molecule has 1 heterocycles. The second-order valence-corrected chi connectivity index (χ2v) is 7.51. The Morgan fingerprint density at radius 1 is 1.38 bits per heavy atom. The Morgan fingerprint density at radius 3 is 2.62 bits per heavy atom. The zero-order valence-electron chi connectivity index (χ0n) is 14.1. The van der Waals surface area contributed by atoms with Crippen molar-refractivity contribution in [2.24, 2.45) is 0 Å². The average Bonchev–Trinajstić information content (AvgIpc) is 2.49. The first-order chi connectivity index (χ1) is 11.2. The SMILES string of the molecule is CCCCNC(=O)CON1C(O)C(C)OC(COP(C)(=O)O)C1O. The Hall–Kier alpha value is -0.580. The largest absolute Gasteiger partial charge is 0.373 e. The molecule has 0 radical (unpaired) electrons. The van der Waals surface area contributed by atoms with Crippen LogP contribution in [0.3, 0.4) is 0 Å². The number of ether oxygens (including phenoxy) is 1. The number of carbonyl (C=O) groups excluding carboxylic acids is 1. The molecule has 1 rings (SSSR count). The van der Waals surface area contributed by atoms with Crippen molar-refractivity contribution in [3.8, 4) is 0 Å². The van der Waals surface area contributed by atoms with Crippen LogP contribution >= 0.6 is 7.60 Å². The van der Waals surface area contributed by atoms with Crippen molar-refractivity contribution >= 4 is 13.5 Å². The fourth-order valence-electron chi connectivity index (χ4n) is 2.02. The number of unbranched alkanes of at least 4 members (excludes halogenated alkanes) is 1. The lowest BCUT2D eigenvalue weighted by Crippen LogP contribution is -2.61. The standard InChI is InChI=1S/C13H27N2O8P/c1-4-5-6-14-11(16)8-21-15-12(17)9(2)23-10(13(15)18)7-22-24(3,19)20/h9-10,12-13,17-18H,4-8H2,1-3H3,(H,14,16)(H,19,20). The summed E-state index contributed by atoms with van der Waals surface area (Å²) in [4.78, 5) is 26.0. The van der Waals surface area contributed by atoms with E-state index in [4.69, 9.17) is 19.0 Å². The van der Waals surface area contributed by atoms with Crippen molar-refractivity contribution < 1.29 is 38.6 Å². The first-order valence-electron chi connectivity index (χ1n) is 7.80. The number of hydrogen-bond acceptors (Lipinski definition) is 8. The van der Waals surface area contributed by atoms with Crippen molar-refractivity contribution in [2.45, 2.75) is 51.4 Å². The fourth-order valence-corrected chi connectivity index (χ4v) is 2.45. The minimum atomic E-state index is -3.74. The van der Waals surface area contributed by atoms with Gasteiger partial charge in [0.2, 0.25) is 5.91 Å². The van der Waals surface area contributed by atoms with E-state index in [0.717, 1.165) is 24.6 Å². The van der Waals surface area contributed by atoms with E-state index in [1.165, 1.54) is 6.92 Å². The average molecular weight is 370 g/mol. The molecule has 5 atom stereocenters. The van der Waals surface area contributed by atoms with E-state index >= 15 is 0 Å². The first kappa shape index (κ1) is 21.5. The highest BCUT2D eigenvalue weighted by molar-refractivity contribution is 7.51. The molecule has 0 saturated carbocycles. The zero-order valence-corrected chi connectivity index (χ0v) is 15.0. The van der Waals surface area contributed by atoms with Crippen LogP contribution in [0.4, 0.5) is 0 Å². The summed E-state index contributed by atoms with van der Waals surface area (Å²) in [5, 5.41) is 23.7. The molecule has 10 nitrogen and oxygen atoms in total. The molecule has 24 heavy (non-hydrogen) atoms. The predicted molar refractivity (Wildman–Crippen MR) is 83.8 cm³/mol. The normalized spacial score (nSPS) is 30.8. The summed E-state index contributed by atoms with van der Waals surface area (Å²) in [6.45, 7) is 4.30. The number of amides is 1. The molecular weight excluding hydrogens is 343 g/mol. The Balaban J connectivity index is 2.56. The van der Waals surface area contributed by atoms with E-state index in [1.54, 1.807) is 0 Å². The summed E-state index contributed by atoms with van der Waals surface area (Å²) in [5.74, 6) is -0.386. The van der Waals surface area contributed by atoms with E-state index in [1.807, 2.05) is 6.92 Å². The van der Waals surface area contributed by atoms with Gasteiger partial charge in [-0.05, 0) is 13.3 Å². The van der Waals surface area contributed by atoms with Gasteiger partial charge >= 0.3 is 7.60 Å². The van der Waals surface area contributed by atoms with Gasteiger partial charge in [0.1, 0.15) is 12.7 Å². The van der Waals surface area contributed by atoms with Crippen LogP contribution in [0.25, 0.3) is 0 Å². The molecule has 11 heteroatoms. The first-order valence-corrected chi connectivity index (χ1v) is 9.82. The molecule has 0 aromatic heterocycles. The Labute approximate surface area is 141 Å². The summed E-state index contributed by atoms with van der Waals surface area (Å²) in [6.07, 6.45) is -2.78. The summed E-state index contributed by atoms with van der Waals surface area (Å²) >= 11 is 0. The maximum Gasteiger partial charge on any atom is 0.325 e. The third-order valence-electron chi connectivity index (χ3n) is 3.34. The summed E-state index contributed by atoms with van der Waals surface area (Å²) < 4.78 is 21.3. The van der Waals surface area contributed by atoms with Gasteiger partial charge in [-0.2, -0.15) is 0 Å². The number of morpholine rings is 1. The van der Waals surface area contributed by atoms with Crippen LogP contribution in [0, 0.1) is 0 Å². The quantitative estimate of drug-likeness (QED) is 0.309. The van der Waals surface area contributed by atoms with Gasteiger partial charge in [-0.15, -0.1) is 5.06 Å². The maximum atomic E-state index is 11.6. The molecule has 1 amide bonds. The van der Waals surface area contributed by atoms with E-state index in [2.05, 4.69) is 5.32 Å². The van der Waals surface area contributed by atoms with Gasteiger partial charge in [-0.3, -0.25) is 14.2 Å². The number of carbonyl (C=O) groups is 1. The van der Waals surface area contributed by atoms with Gasteiger partial charge in [0.15, 0.2) is 12.5 Å². The Morgan fingerprint density at radius 2 is 2.04 bits per heavy atom. The highest BCUT2D eigenvalue weighted by Gasteiger charge is 2.42. The number of aliphatic hydroxyl groups is 2. The lowest BCUT2D eigenvalue weighted by atomic mass is 10.2. The van der Waals surface area contributed by atoms with Crippen molar-refractivity contribution in [3.05, 3.63) is 0 Å². The van der Waals surface area contributed by atoms with Crippen LogP contribution < -0.4 is 5.32 Å². The molecule has 1 saturated heterocycles. The van der Waals surface area contributed by atoms with Gasteiger partial charge in [0, 0.05) is 13.2 Å². The molecule has 0 aliphatic carbocycles. The van der Waals surface area contributed by atoms with Gasteiger partial charge < -0.3 is 29.7 Å². The summed E-state index contributed by atoms with van der Waals surface area (Å²) in [5.41, 5.74) is 0. The van der Waals surface area contributed by atoms with Crippen molar-refractivity contribution in [3.63, 3.8) is 0 Å². The Bertz CT molecular complexity index is 446. The van der Waals surface area contributed by atoms with E-state index < -0.39 is 32.3 Å². The third kappa shape index (κ3) is 7.12. The second-order valence-electron chi connectivity index (χ2n) is 5.64. The minimum absolute atomic E-state index is 0.370. The molecule has 142 valence electrons.